The molecule has 0 atom stereocenters. The summed E-state index contributed by atoms with van der Waals surface area (Å²) in [6.45, 7) is 0. The van der Waals surface area contributed by atoms with Gasteiger partial charge in [0.2, 0.25) is 5.91 Å². The number of amides is 1. The molecule has 134 valence electrons. The highest BCUT2D eigenvalue weighted by Crippen LogP contribution is 2.25. The normalized spacial score (nSPS) is 10.8. The van der Waals surface area contributed by atoms with E-state index in [-0.39, 0.29) is 16.7 Å². The Morgan fingerprint density at radius 1 is 1.23 bits per heavy atom. The van der Waals surface area contributed by atoms with Gasteiger partial charge in [-0.05, 0) is 30.3 Å². The van der Waals surface area contributed by atoms with Gasteiger partial charge in [-0.25, -0.2) is 4.39 Å². The molecule has 0 spiro atoms. The monoisotopic (exact) mass is 410 g/mol. The maximum atomic E-state index is 13.1. The van der Waals surface area contributed by atoms with E-state index in [0.717, 1.165) is 5.56 Å². The van der Waals surface area contributed by atoms with E-state index in [1.165, 1.54) is 30.0 Å². The second-order valence-electron chi connectivity index (χ2n) is 5.34. The molecule has 0 aliphatic carbocycles. The predicted octanol–water partition coefficient (Wildman–Crippen LogP) is 4.66. The molecule has 1 heterocycles. The van der Waals surface area contributed by atoms with Crippen LogP contribution in [0.15, 0.2) is 47.6 Å². The van der Waals surface area contributed by atoms with Crippen molar-refractivity contribution in [3.8, 4) is 11.4 Å². The molecule has 0 aliphatic rings. The number of halogens is 3. The summed E-state index contributed by atoms with van der Waals surface area (Å²) in [5.41, 5.74) is 1.27. The molecule has 3 rings (SSSR count). The minimum absolute atomic E-state index is 0.0464. The summed E-state index contributed by atoms with van der Waals surface area (Å²) in [7, 11) is 1.82. The topological polar surface area (TPSA) is 59.8 Å². The first-order valence-corrected chi connectivity index (χ1v) is 9.21. The van der Waals surface area contributed by atoms with Crippen LogP contribution in [0.2, 0.25) is 10.0 Å². The number of hydrogen-bond donors (Lipinski definition) is 1. The van der Waals surface area contributed by atoms with Crippen LogP contribution in [0, 0.1) is 5.82 Å². The highest BCUT2D eigenvalue weighted by molar-refractivity contribution is 7.99. The smallest absolute Gasteiger partial charge is 0.234 e. The van der Waals surface area contributed by atoms with Crippen molar-refractivity contribution in [2.24, 2.45) is 7.05 Å². The molecule has 0 saturated carbocycles. The third kappa shape index (κ3) is 4.35. The van der Waals surface area contributed by atoms with Crippen LogP contribution in [0.4, 0.5) is 10.1 Å². The Kier molecular flexibility index (Phi) is 5.80. The summed E-state index contributed by atoms with van der Waals surface area (Å²) in [4.78, 5) is 12.1. The number of aromatic nitrogens is 3. The van der Waals surface area contributed by atoms with E-state index in [2.05, 4.69) is 15.5 Å². The van der Waals surface area contributed by atoms with Gasteiger partial charge < -0.3 is 9.88 Å². The Bertz CT molecular complexity index is 964. The first-order valence-electron chi connectivity index (χ1n) is 7.47. The van der Waals surface area contributed by atoms with E-state index in [4.69, 9.17) is 23.2 Å². The lowest BCUT2D eigenvalue weighted by molar-refractivity contribution is -0.113. The maximum absolute atomic E-state index is 13.1. The number of carbonyl (C=O) groups is 1. The van der Waals surface area contributed by atoms with Gasteiger partial charge in [-0.1, -0.05) is 47.1 Å². The van der Waals surface area contributed by atoms with Gasteiger partial charge in [0, 0.05) is 23.3 Å². The predicted molar refractivity (Wildman–Crippen MR) is 102 cm³/mol. The molecule has 1 N–H and O–H groups in total. The molecular weight excluding hydrogens is 398 g/mol. The third-order valence-electron chi connectivity index (χ3n) is 3.45. The van der Waals surface area contributed by atoms with E-state index < -0.39 is 5.82 Å². The average Bonchev–Trinajstić information content (AvgIpc) is 2.97. The summed E-state index contributed by atoms with van der Waals surface area (Å²) in [5, 5.41) is 12.1. The molecule has 5 nitrogen and oxygen atoms in total. The fraction of sp³-hybridized carbons (Fsp3) is 0.118. The summed E-state index contributed by atoms with van der Waals surface area (Å²) in [6.07, 6.45) is 0. The molecule has 1 amide bonds. The Morgan fingerprint density at radius 3 is 2.77 bits per heavy atom. The second-order valence-corrected chi connectivity index (χ2v) is 7.13. The molecule has 26 heavy (non-hydrogen) atoms. The zero-order chi connectivity index (χ0) is 18.7. The number of rotatable bonds is 5. The van der Waals surface area contributed by atoms with Crippen LogP contribution >= 0.6 is 35.0 Å². The molecular formula is C17H13Cl2FN4OS. The van der Waals surface area contributed by atoms with Crippen molar-refractivity contribution < 1.29 is 9.18 Å². The van der Waals surface area contributed by atoms with Gasteiger partial charge in [0.15, 0.2) is 11.0 Å². The standard InChI is InChI=1S/C17H13Cl2FN4OS/c1-24-16(10-3-2-4-11(18)7-10)22-23-17(24)26-9-15(25)21-12-5-6-14(20)13(19)8-12/h2-8H,9H2,1H3,(H,21,25). The van der Waals surface area contributed by atoms with Crippen LogP contribution in [0.1, 0.15) is 0 Å². The number of thioether (sulfide) groups is 1. The average molecular weight is 411 g/mol. The molecule has 0 bridgehead atoms. The van der Waals surface area contributed by atoms with Crippen LogP contribution in [-0.2, 0) is 11.8 Å². The van der Waals surface area contributed by atoms with Crippen LogP contribution in [0.25, 0.3) is 11.4 Å². The molecule has 3 aromatic rings. The summed E-state index contributed by atoms with van der Waals surface area (Å²) in [5.74, 6) is -0.0198. The SMILES string of the molecule is Cn1c(SCC(=O)Nc2ccc(F)c(Cl)c2)nnc1-c1cccc(Cl)c1. The van der Waals surface area contributed by atoms with E-state index in [9.17, 15) is 9.18 Å². The van der Waals surface area contributed by atoms with E-state index in [1.807, 2.05) is 19.2 Å². The number of hydrogen-bond acceptors (Lipinski definition) is 4. The quantitative estimate of drug-likeness (QED) is 0.621. The van der Waals surface area contributed by atoms with Gasteiger partial charge in [0.1, 0.15) is 5.82 Å². The molecule has 0 saturated heterocycles. The minimum Gasteiger partial charge on any atom is -0.325 e. The van der Waals surface area contributed by atoms with E-state index in [1.54, 1.807) is 16.7 Å². The molecule has 0 fully saturated rings. The Morgan fingerprint density at radius 2 is 2.04 bits per heavy atom. The van der Waals surface area contributed by atoms with Crippen molar-refractivity contribution in [2.45, 2.75) is 5.16 Å². The first kappa shape index (κ1) is 18.7. The molecule has 0 aliphatic heterocycles. The van der Waals surface area contributed by atoms with E-state index in [0.29, 0.717) is 21.7 Å². The Balaban J connectivity index is 1.64. The molecule has 2 aromatic carbocycles. The number of nitrogens with zero attached hydrogens (tertiary/aromatic N) is 3. The van der Waals surface area contributed by atoms with Gasteiger partial charge in [-0.3, -0.25) is 4.79 Å². The van der Waals surface area contributed by atoms with Crippen molar-refractivity contribution in [1.29, 1.82) is 0 Å². The van der Waals surface area contributed by atoms with Crippen molar-refractivity contribution in [3.05, 3.63) is 58.3 Å². The largest absolute Gasteiger partial charge is 0.325 e. The lowest BCUT2D eigenvalue weighted by atomic mass is 10.2. The lowest BCUT2D eigenvalue weighted by Crippen LogP contribution is -2.14. The molecule has 1 aromatic heterocycles. The maximum Gasteiger partial charge on any atom is 0.234 e. The van der Waals surface area contributed by atoms with Crippen LogP contribution in [0.5, 0.6) is 0 Å². The van der Waals surface area contributed by atoms with Gasteiger partial charge >= 0.3 is 0 Å². The summed E-state index contributed by atoms with van der Waals surface area (Å²) in [6, 6.07) is 11.3. The molecule has 9 heteroatoms. The zero-order valence-electron chi connectivity index (χ0n) is 13.5. The minimum atomic E-state index is -0.535. The molecule has 0 radical (unpaired) electrons. The first-order chi connectivity index (χ1) is 12.4. The van der Waals surface area contributed by atoms with Crippen LogP contribution in [0.3, 0.4) is 0 Å². The van der Waals surface area contributed by atoms with Gasteiger partial charge in [0.25, 0.3) is 0 Å². The Hall–Kier alpha value is -2.09. The van der Waals surface area contributed by atoms with Crippen molar-refractivity contribution in [2.75, 3.05) is 11.1 Å². The van der Waals surface area contributed by atoms with Crippen LogP contribution < -0.4 is 5.32 Å². The summed E-state index contributed by atoms with van der Waals surface area (Å²) < 4.78 is 14.9. The summed E-state index contributed by atoms with van der Waals surface area (Å²) >= 11 is 12.9. The van der Waals surface area contributed by atoms with E-state index >= 15 is 0 Å². The highest BCUT2D eigenvalue weighted by Gasteiger charge is 2.13. The number of benzene rings is 2. The second kappa shape index (κ2) is 8.07. The van der Waals surface area contributed by atoms with Gasteiger partial charge in [-0.15, -0.1) is 10.2 Å². The number of carbonyl (C=O) groups excluding carboxylic acids is 1. The molecule has 0 unspecified atom stereocenters. The third-order valence-corrected chi connectivity index (χ3v) is 5.00. The number of anilines is 1. The number of nitrogens with one attached hydrogen (secondary N) is 1. The van der Waals surface area contributed by atoms with Crippen molar-refractivity contribution >= 4 is 46.6 Å². The van der Waals surface area contributed by atoms with Gasteiger partial charge in [0.05, 0.1) is 10.8 Å². The van der Waals surface area contributed by atoms with Crippen molar-refractivity contribution in [1.82, 2.24) is 14.8 Å². The fourth-order valence-corrected chi connectivity index (χ4v) is 3.30. The highest BCUT2D eigenvalue weighted by atomic mass is 35.5. The Labute approximate surface area is 163 Å². The van der Waals surface area contributed by atoms with Crippen LogP contribution in [-0.4, -0.2) is 26.4 Å². The zero-order valence-corrected chi connectivity index (χ0v) is 15.9. The van der Waals surface area contributed by atoms with Crippen molar-refractivity contribution in [3.63, 3.8) is 0 Å². The lowest BCUT2D eigenvalue weighted by Gasteiger charge is -2.06. The fourth-order valence-electron chi connectivity index (χ4n) is 2.22. The van der Waals surface area contributed by atoms with Gasteiger partial charge in [-0.2, -0.15) is 0 Å².